The first-order valence-corrected chi connectivity index (χ1v) is 12.6. The van der Waals surface area contributed by atoms with Crippen molar-refractivity contribution in [3.63, 3.8) is 0 Å². The Hall–Kier alpha value is -1.11. The fourth-order valence-electron chi connectivity index (χ4n) is 3.39. The first-order valence-electron chi connectivity index (χ1n) is 11.2. The largest absolute Gasteiger partial charge is 0.744 e. The summed E-state index contributed by atoms with van der Waals surface area (Å²) in [5.41, 5.74) is 0. The van der Waals surface area contributed by atoms with E-state index in [4.69, 9.17) is 4.74 Å². The van der Waals surface area contributed by atoms with Crippen LogP contribution >= 0.6 is 0 Å². The molecule has 0 saturated heterocycles. The van der Waals surface area contributed by atoms with Crippen LogP contribution in [0.3, 0.4) is 0 Å². The molecule has 0 heterocycles. The molecule has 0 aromatic heterocycles. The second-order valence-corrected chi connectivity index (χ2v) is 9.16. The fourth-order valence-corrected chi connectivity index (χ4v) is 3.86. The Morgan fingerprint density at radius 1 is 0.759 bits per heavy atom. The zero-order valence-electron chi connectivity index (χ0n) is 19.3. The van der Waals surface area contributed by atoms with Gasteiger partial charge in [-0.2, -0.15) is 0 Å². The molecule has 1 rings (SSSR count). The van der Waals surface area contributed by atoms with Crippen molar-refractivity contribution in [2.45, 2.75) is 84.0 Å². The van der Waals surface area contributed by atoms with Gasteiger partial charge in [-0.1, -0.05) is 53.4 Å². The highest BCUT2D eigenvalue weighted by atomic mass is 32.2. The van der Waals surface area contributed by atoms with Crippen molar-refractivity contribution in [3.05, 3.63) is 24.3 Å². The van der Waals surface area contributed by atoms with Gasteiger partial charge in [0, 0.05) is 0 Å². The summed E-state index contributed by atoms with van der Waals surface area (Å²) in [5, 5.41) is 0. The van der Waals surface area contributed by atoms with Crippen LogP contribution in [0.4, 0.5) is 0 Å². The maximum Gasteiger partial charge on any atom is 0.124 e. The number of unbranched alkanes of at least 4 members (excludes halogenated alkanes) is 4. The molecule has 1 aromatic rings. The Labute approximate surface area is 179 Å². The molecule has 0 bridgehead atoms. The summed E-state index contributed by atoms with van der Waals surface area (Å²) in [6.45, 7) is 15.0. The Bertz CT molecular complexity index is 577. The van der Waals surface area contributed by atoms with Crippen LogP contribution in [0.5, 0.6) is 5.75 Å². The molecule has 6 heteroatoms. The summed E-state index contributed by atoms with van der Waals surface area (Å²) in [6, 6.07) is 5.26. The number of quaternary nitrogens is 1. The van der Waals surface area contributed by atoms with Crippen LogP contribution in [0.2, 0.25) is 0 Å². The van der Waals surface area contributed by atoms with Crippen molar-refractivity contribution >= 4 is 10.1 Å². The lowest BCUT2D eigenvalue weighted by molar-refractivity contribution is -0.929. The summed E-state index contributed by atoms with van der Waals surface area (Å²) in [6.07, 6.45) is 11.1. The molecule has 170 valence electrons. The van der Waals surface area contributed by atoms with Crippen molar-refractivity contribution < 1.29 is 22.2 Å². The van der Waals surface area contributed by atoms with Crippen LogP contribution in [-0.4, -0.2) is 50.7 Å². The summed E-state index contributed by atoms with van der Waals surface area (Å²) in [4.78, 5) is -0.247. The van der Waals surface area contributed by atoms with Crippen LogP contribution in [0.25, 0.3) is 0 Å². The third-order valence-corrected chi connectivity index (χ3v) is 6.14. The Kier molecular flexibility index (Phi) is 15.1. The van der Waals surface area contributed by atoms with Crippen molar-refractivity contribution in [2.75, 3.05) is 33.3 Å². The number of nitrogens with zero attached hydrogens (tertiary/aromatic N) is 1. The highest BCUT2D eigenvalue weighted by Crippen LogP contribution is 2.16. The van der Waals surface area contributed by atoms with Gasteiger partial charge in [0.25, 0.3) is 0 Å². The summed E-state index contributed by atoms with van der Waals surface area (Å²) < 4.78 is 37.5. The summed E-state index contributed by atoms with van der Waals surface area (Å²) in [7, 11) is -2.87. The van der Waals surface area contributed by atoms with Gasteiger partial charge < -0.3 is 13.8 Å². The highest BCUT2D eigenvalue weighted by Gasteiger charge is 2.24. The molecule has 0 fully saturated rings. The molecule has 29 heavy (non-hydrogen) atoms. The standard InChI is InChI=1S/C16H36N.C7H8O4S/c1-5-9-13-17(14-10-6-2,15-11-7-3)16-12-8-4;1-11-6-2-4-7(5-3-6)12(8,9)10/h5-16H2,1-4H3;2-5H,1H3,(H,8,9,10)/q+1;/p-1. The molecular weight excluding hydrogens is 386 g/mol. The van der Waals surface area contributed by atoms with E-state index in [0.717, 1.165) is 0 Å². The molecule has 0 amide bonds. The van der Waals surface area contributed by atoms with Crippen LogP contribution < -0.4 is 4.74 Å². The van der Waals surface area contributed by atoms with Crippen molar-refractivity contribution in [1.82, 2.24) is 0 Å². The smallest absolute Gasteiger partial charge is 0.124 e. The van der Waals surface area contributed by atoms with Gasteiger partial charge in [-0.15, -0.1) is 0 Å². The third-order valence-electron chi connectivity index (χ3n) is 5.29. The number of ether oxygens (including phenoxy) is 1. The topological polar surface area (TPSA) is 66.4 Å². The van der Waals surface area contributed by atoms with Crippen LogP contribution in [-0.2, 0) is 10.1 Å². The monoisotopic (exact) mass is 429 g/mol. The van der Waals surface area contributed by atoms with Gasteiger partial charge in [-0.05, 0) is 49.9 Å². The summed E-state index contributed by atoms with van der Waals surface area (Å²) >= 11 is 0. The van der Waals surface area contributed by atoms with Gasteiger partial charge in [0.2, 0.25) is 0 Å². The third kappa shape index (κ3) is 12.2. The zero-order chi connectivity index (χ0) is 22.2. The van der Waals surface area contributed by atoms with Crippen molar-refractivity contribution in [1.29, 1.82) is 0 Å². The predicted octanol–water partition coefficient (Wildman–Crippen LogP) is 5.60. The van der Waals surface area contributed by atoms with E-state index in [1.165, 1.54) is 113 Å². The maximum atomic E-state index is 10.4. The Morgan fingerprint density at radius 3 is 1.34 bits per heavy atom. The molecule has 0 aliphatic heterocycles. The van der Waals surface area contributed by atoms with E-state index in [9.17, 15) is 13.0 Å². The van der Waals surface area contributed by atoms with Gasteiger partial charge in [0.1, 0.15) is 15.9 Å². The van der Waals surface area contributed by atoms with E-state index in [1.54, 1.807) is 0 Å². The predicted molar refractivity (Wildman–Crippen MR) is 120 cm³/mol. The number of rotatable bonds is 14. The van der Waals surface area contributed by atoms with Crippen molar-refractivity contribution in [2.24, 2.45) is 0 Å². The second kappa shape index (κ2) is 15.7. The van der Waals surface area contributed by atoms with Gasteiger partial charge in [-0.3, -0.25) is 0 Å². The number of benzene rings is 1. The molecular formula is C23H43NO4S. The van der Waals surface area contributed by atoms with E-state index >= 15 is 0 Å². The summed E-state index contributed by atoms with van der Waals surface area (Å²) in [5.74, 6) is 0.516. The molecule has 1 aromatic carbocycles. The van der Waals surface area contributed by atoms with Crippen LogP contribution in [0, 0.1) is 0 Å². The van der Waals surface area contributed by atoms with E-state index in [2.05, 4.69) is 27.7 Å². The number of methoxy groups -OCH3 is 1. The molecule has 0 unspecified atom stereocenters. The van der Waals surface area contributed by atoms with Gasteiger partial charge in [-0.25, -0.2) is 8.42 Å². The minimum absolute atomic E-state index is 0.247. The Balaban J connectivity index is 0.000000571. The lowest BCUT2D eigenvalue weighted by atomic mass is 10.1. The minimum atomic E-state index is -4.33. The van der Waals surface area contributed by atoms with Gasteiger partial charge >= 0.3 is 0 Å². The van der Waals surface area contributed by atoms with E-state index < -0.39 is 10.1 Å². The number of hydrogen-bond acceptors (Lipinski definition) is 4. The lowest BCUT2D eigenvalue weighted by Gasteiger charge is -2.39. The van der Waals surface area contributed by atoms with E-state index in [0.29, 0.717) is 5.75 Å². The fraction of sp³-hybridized carbons (Fsp3) is 0.739. The average molecular weight is 430 g/mol. The molecule has 0 aliphatic rings. The highest BCUT2D eigenvalue weighted by molar-refractivity contribution is 7.85. The average Bonchev–Trinajstić information content (AvgIpc) is 2.72. The minimum Gasteiger partial charge on any atom is -0.744 e. The van der Waals surface area contributed by atoms with Crippen molar-refractivity contribution in [3.8, 4) is 5.75 Å². The molecule has 0 atom stereocenters. The van der Waals surface area contributed by atoms with E-state index in [1.807, 2.05) is 0 Å². The molecule has 0 saturated carbocycles. The quantitative estimate of drug-likeness (QED) is 0.285. The molecule has 5 nitrogen and oxygen atoms in total. The van der Waals surface area contributed by atoms with Gasteiger partial charge in [0.15, 0.2) is 0 Å². The molecule has 0 aliphatic carbocycles. The van der Waals surface area contributed by atoms with E-state index in [-0.39, 0.29) is 4.90 Å². The van der Waals surface area contributed by atoms with Crippen LogP contribution in [0.15, 0.2) is 29.2 Å². The first kappa shape index (κ1) is 27.9. The lowest BCUT2D eigenvalue weighted by Crippen LogP contribution is -2.50. The maximum absolute atomic E-state index is 10.4. The molecule has 0 radical (unpaired) electrons. The first-order chi connectivity index (χ1) is 13.8. The number of hydrogen-bond donors (Lipinski definition) is 0. The van der Waals surface area contributed by atoms with Crippen LogP contribution in [0.1, 0.15) is 79.1 Å². The Morgan fingerprint density at radius 2 is 1.10 bits per heavy atom. The normalized spacial score (nSPS) is 11.7. The molecule has 0 spiro atoms. The SMILES string of the molecule is CCCC[N+](CCCC)(CCCC)CCCC.COc1ccc(S(=O)(=O)[O-])cc1. The second-order valence-electron chi connectivity index (χ2n) is 7.78. The van der Waals surface area contributed by atoms with Gasteiger partial charge in [0.05, 0.1) is 38.2 Å². The zero-order valence-corrected chi connectivity index (χ0v) is 20.1. The molecule has 0 N–H and O–H groups in total.